The second-order valence-electron chi connectivity index (χ2n) is 9.58. The number of benzene rings is 2. The molecule has 2 aromatic rings. The lowest BCUT2D eigenvalue weighted by molar-refractivity contribution is -0.120. The number of nitrogens with zero attached hydrogens (tertiary/aromatic N) is 4. The number of fused-ring (bicyclic) bond motifs is 1. The Kier molecular flexibility index (Phi) is 7.60. The normalized spacial score (nSPS) is 22.1. The van der Waals surface area contributed by atoms with Crippen molar-refractivity contribution in [3.05, 3.63) is 78.4 Å². The van der Waals surface area contributed by atoms with Gasteiger partial charge in [-0.2, -0.15) is 0 Å². The van der Waals surface area contributed by atoms with E-state index >= 15 is 0 Å². The van der Waals surface area contributed by atoms with Crippen LogP contribution in [0.25, 0.3) is 0 Å². The number of piperazine rings is 1. The van der Waals surface area contributed by atoms with Crippen LogP contribution in [-0.2, 0) is 4.79 Å². The highest BCUT2D eigenvalue weighted by Gasteiger charge is 2.41. The van der Waals surface area contributed by atoms with Crippen molar-refractivity contribution in [2.24, 2.45) is 10.9 Å². The lowest BCUT2D eigenvalue weighted by Crippen LogP contribution is -2.59. The van der Waals surface area contributed by atoms with Gasteiger partial charge in [-0.3, -0.25) is 24.4 Å². The van der Waals surface area contributed by atoms with Gasteiger partial charge >= 0.3 is 0 Å². The number of ether oxygens (including phenoxy) is 2. The Bertz CT molecular complexity index is 1280. The Hall–Kier alpha value is -3.91. The van der Waals surface area contributed by atoms with E-state index in [1.165, 1.54) is 0 Å². The molecule has 5 rings (SSSR count). The number of aliphatic imine (C=N–C) groups is 1. The van der Waals surface area contributed by atoms with Gasteiger partial charge in [-0.15, -0.1) is 0 Å². The van der Waals surface area contributed by atoms with Crippen LogP contribution >= 0.6 is 0 Å². The quantitative estimate of drug-likeness (QED) is 0.562. The molecule has 2 aliphatic heterocycles. The molecule has 2 heterocycles. The second kappa shape index (κ2) is 11.2. The van der Waals surface area contributed by atoms with Gasteiger partial charge in [-0.1, -0.05) is 42.5 Å². The van der Waals surface area contributed by atoms with Gasteiger partial charge in [0.15, 0.2) is 0 Å². The van der Waals surface area contributed by atoms with Crippen LogP contribution in [0.4, 0.5) is 5.69 Å². The van der Waals surface area contributed by atoms with Crippen LogP contribution in [0.1, 0.15) is 24.2 Å². The molecule has 0 saturated carbocycles. The third-order valence-corrected chi connectivity index (χ3v) is 7.37. The standard InChI is InChI=1S/C30H34N4O4/c1-4-38-27-15-8-7-14-26(27)34-28(31-25-13-6-5-12-24(25)30(34)36)21(2)32-16-18-33(19-17-32)29(35)22-10-9-11-23(20-22)37-3/h5-15,20-21,24-25H,4,16-19H2,1-3H3. The summed E-state index contributed by atoms with van der Waals surface area (Å²) in [5, 5.41) is 0. The fraction of sp³-hybridized carbons (Fsp3) is 0.367. The number of amidine groups is 1. The number of hydrogen-bond donors (Lipinski definition) is 0. The summed E-state index contributed by atoms with van der Waals surface area (Å²) < 4.78 is 11.2. The van der Waals surface area contributed by atoms with Crippen molar-refractivity contribution in [3.8, 4) is 11.5 Å². The third-order valence-electron chi connectivity index (χ3n) is 7.37. The summed E-state index contributed by atoms with van der Waals surface area (Å²) >= 11 is 0. The smallest absolute Gasteiger partial charge is 0.254 e. The summed E-state index contributed by atoms with van der Waals surface area (Å²) in [6.45, 7) is 7.05. The first-order valence-corrected chi connectivity index (χ1v) is 13.2. The average Bonchev–Trinajstić information content (AvgIpc) is 2.97. The maximum Gasteiger partial charge on any atom is 0.254 e. The Morgan fingerprint density at radius 3 is 2.58 bits per heavy atom. The van der Waals surface area contributed by atoms with Crippen molar-refractivity contribution < 1.29 is 19.1 Å². The summed E-state index contributed by atoms with van der Waals surface area (Å²) in [4.78, 5) is 38.0. The lowest BCUT2D eigenvalue weighted by atomic mass is 9.91. The molecule has 0 N–H and O–H groups in total. The molecule has 8 nitrogen and oxygen atoms in total. The van der Waals surface area contributed by atoms with E-state index in [1.54, 1.807) is 18.1 Å². The molecule has 1 saturated heterocycles. The van der Waals surface area contributed by atoms with E-state index in [-0.39, 0.29) is 29.8 Å². The van der Waals surface area contributed by atoms with Crippen LogP contribution in [0.3, 0.4) is 0 Å². The third kappa shape index (κ3) is 4.96. The van der Waals surface area contributed by atoms with Crippen LogP contribution in [-0.4, -0.2) is 79.4 Å². The van der Waals surface area contributed by atoms with Crippen LogP contribution in [0.5, 0.6) is 11.5 Å². The number of allylic oxidation sites excluding steroid dienone is 2. The number of hydrogen-bond acceptors (Lipinski definition) is 6. The van der Waals surface area contributed by atoms with Gasteiger partial charge in [0.25, 0.3) is 5.91 Å². The van der Waals surface area contributed by atoms with Crippen molar-refractivity contribution >= 4 is 23.3 Å². The van der Waals surface area contributed by atoms with Crippen LogP contribution < -0.4 is 14.4 Å². The molecular formula is C30H34N4O4. The van der Waals surface area contributed by atoms with Gasteiger partial charge in [0.05, 0.1) is 37.4 Å². The monoisotopic (exact) mass is 514 g/mol. The first-order chi connectivity index (χ1) is 18.5. The van der Waals surface area contributed by atoms with E-state index in [0.29, 0.717) is 61.4 Å². The molecular weight excluding hydrogens is 480 g/mol. The van der Waals surface area contributed by atoms with E-state index in [4.69, 9.17) is 14.5 Å². The first-order valence-electron chi connectivity index (χ1n) is 13.2. The zero-order valence-electron chi connectivity index (χ0n) is 22.1. The maximum atomic E-state index is 13.9. The van der Waals surface area contributed by atoms with Gasteiger partial charge < -0.3 is 14.4 Å². The topological polar surface area (TPSA) is 74.7 Å². The highest BCUT2D eigenvalue weighted by molar-refractivity contribution is 6.22. The zero-order chi connectivity index (χ0) is 26.6. The Morgan fingerprint density at radius 2 is 1.82 bits per heavy atom. The zero-order valence-corrected chi connectivity index (χ0v) is 22.1. The minimum Gasteiger partial charge on any atom is -0.497 e. The van der Waals surface area contributed by atoms with Crippen LogP contribution in [0.15, 0.2) is 77.8 Å². The number of rotatable bonds is 7. The van der Waals surface area contributed by atoms with Gasteiger partial charge in [-0.25, -0.2) is 0 Å². The minimum atomic E-state index is -0.344. The second-order valence-corrected chi connectivity index (χ2v) is 9.58. The van der Waals surface area contributed by atoms with E-state index in [9.17, 15) is 9.59 Å². The fourth-order valence-corrected chi connectivity index (χ4v) is 5.29. The van der Waals surface area contributed by atoms with Gasteiger partial charge in [-0.05, 0) is 44.2 Å². The Labute approximate surface area is 223 Å². The van der Waals surface area contributed by atoms with E-state index < -0.39 is 0 Å². The number of carbonyl (C=O) groups is 2. The molecule has 0 bridgehead atoms. The van der Waals surface area contributed by atoms with Gasteiger partial charge in [0.1, 0.15) is 17.3 Å². The number of amides is 2. The van der Waals surface area contributed by atoms with Crippen molar-refractivity contribution in [3.63, 3.8) is 0 Å². The minimum absolute atomic E-state index is 0.00405. The number of methoxy groups -OCH3 is 1. The van der Waals surface area contributed by atoms with Gasteiger partial charge in [0, 0.05) is 31.7 Å². The van der Waals surface area contributed by atoms with Crippen LogP contribution in [0, 0.1) is 5.92 Å². The number of anilines is 1. The van der Waals surface area contributed by atoms with Crippen molar-refractivity contribution in [1.29, 1.82) is 0 Å². The molecule has 2 aromatic carbocycles. The summed E-state index contributed by atoms with van der Waals surface area (Å²) in [6.07, 6.45) is 7.78. The summed E-state index contributed by atoms with van der Waals surface area (Å²) in [5.74, 6) is 1.67. The highest BCUT2D eigenvalue weighted by Crippen LogP contribution is 2.35. The summed E-state index contributed by atoms with van der Waals surface area (Å²) in [7, 11) is 1.60. The summed E-state index contributed by atoms with van der Waals surface area (Å²) in [5.41, 5.74) is 1.33. The fourth-order valence-electron chi connectivity index (χ4n) is 5.29. The van der Waals surface area contributed by atoms with Crippen LogP contribution in [0.2, 0.25) is 0 Å². The van der Waals surface area contributed by atoms with Gasteiger partial charge in [0.2, 0.25) is 5.91 Å². The maximum absolute atomic E-state index is 13.9. The molecule has 38 heavy (non-hydrogen) atoms. The molecule has 8 heteroatoms. The Balaban J connectivity index is 1.38. The molecule has 0 radical (unpaired) electrons. The molecule has 1 aliphatic carbocycles. The SMILES string of the molecule is CCOc1ccccc1N1C(=O)C2C=CC=CC2N=C1C(C)N1CCN(C(=O)c2cccc(OC)c2)CC1. The molecule has 3 unspecified atom stereocenters. The summed E-state index contributed by atoms with van der Waals surface area (Å²) in [6, 6.07) is 14.5. The molecule has 198 valence electrons. The largest absolute Gasteiger partial charge is 0.497 e. The molecule has 0 aromatic heterocycles. The van der Waals surface area contributed by atoms with E-state index in [1.807, 2.05) is 78.6 Å². The predicted molar refractivity (Wildman–Crippen MR) is 148 cm³/mol. The van der Waals surface area contributed by atoms with E-state index in [0.717, 1.165) is 0 Å². The number of carbonyl (C=O) groups excluding carboxylic acids is 2. The predicted octanol–water partition coefficient (Wildman–Crippen LogP) is 3.80. The molecule has 1 fully saturated rings. The highest BCUT2D eigenvalue weighted by atomic mass is 16.5. The first kappa shape index (κ1) is 25.7. The Morgan fingerprint density at radius 1 is 1.05 bits per heavy atom. The molecule has 0 spiro atoms. The average molecular weight is 515 g/mol. The van der Waals surface area contributed by atoms with E-state index in [2.05, 4.69) is 11.8 Å². The van der Waals surface area contributed by atoms with Crippen molar-refractivity contribution in [1.82, 2.24) is 9.80 Å². The molecule has 3 atom stereocenters. The lowest BCUT2D eigenvalue weighted by Gasteiger charge is -2.43. The van der Waals surface area contributed by atoms with Crippen molar-refractivity contribution in [2.75, 3.05) is 44.8 Å². The molecule has 3 aliphatic rings. The van der Waals surface area contributed by atoms with Crippen molar-refractivity contribution in [2.45, 2.75) is 25.9 Å². The number of para-hydroxylation sites is 2. The molecule has 2 amide bonds.